The van der Waals surface area contributed by atoms with Gasteiger partial charge >= 0.3 is 0 Å². The second-order valence-electron chi connectivity index (χ2n) is 3.75. The Balaban J connectivity index is 3.15. The summed E-state index contributed by atoms with van der Waals surface area (Å²) in [5, 5.41) is 12.9. The van der Waals surface area contributed by atoms with Gasteiger partial charge in [0.25, 0.3) is 0 Å². The molecule has 1 aromatic rings. The zero-order valence-electron chi connectivity index (χ0n) is 9.75. The third kappa shape index (κ3) is 2.76. The van der Waals surface area contributed by atoms with Crippen LogP contribution in [-0.4, -0.2) is 5.11 Å². The van der Waals surface area contributed by atoms with Gasteiger partial charge < -0.3 is 10.4 Å². The topological polar surface area (TPSA) is 32.3 Å². The van der Waals surface area contributed by atoms with E-state index in [1.807, 2.05) is 26.0 Å². The molecule has 0 saturated heterocycles. The minimum atomic E-state index is 0.253. The fourth-order valence-corrected chi connectivity index (χ4v) is 1.36. The van der Waals surface area contributed by atoms with Gasteiger partial charge in [-0.25, -0.2) is 0 Å². The molecule has 0 atom stereocenters. The minimum absolute atomic E-state index is 0.253. The van der Waals surface area contributed by atoms with E-state index < -0.39 is 0 Å². The molecule has 2 nitrogen and oxygen atoms in total. The standard InChI is InChI=1S/C14H17NO/c1-5-11(4)15-14(10(2)3)12-8-6-7-9-13(12)16/h5-9,15-16H,1,4H2,2-3H3. The number of rotatable bonds is 4. The summed E-state index contributed by atoms with van der Waals surface area (Å²) in [4.78, 5) is 0. The first-order chi connectivity index (χ1) is 7.56. The van der Waals surface area contributed by atoms with Crippen LogP contribution < -0.4 is 5.32 Å². The molecule has 0 aliphatic carbocycles. The van der Waals surface area contributed by atoms with E-state index >= 15 is 0 Å². The van der Waals surface area contributed by atoms with E-state index in [0.717, 1.165) is 16.8 Å². The fraction of sp³-hybridized carbons (Fsp3) is 0.143. The Morgan fingerprint density at radius 2 is 1.94 bits per heavy atom. The fourth-order valence-electron chi connectivity index (χ4n) is 1.36. The molecular weight excluding hydrogens is 198 g/mol. The zero-order chi connectivity index (χ0) is 12.1. The normalized spacial score (nSPS) is 9.38. The summed E-state index contributed by atoms with van der Waals surface area (Å²) in [5.41, 5.74) is 3.41. The number of nitrogens with one attached hydrogen (secondary N) is 1. The van der Waals surface area contributed by atoms with Crippen molar-refractivity contribution in [3.05, 3.63) is 60.3 Å². The number of benzene rings is 1. The third-order valence-corrected chi connectivity index (χ3v) is 2.21. The Morgan fingerprint density at radius 3 is 2.44 bits per heavy atom. The molecule has 0 radical (unpaired) electrons. The number of hydrogen-bond donors (Lipinski definition) is 2. The van der Waals surface area contributed by atoms with Crippen LogP contribution in [0.2, 0.25) is 0 Å². The molecule has 0 spiro atoms. The predicted octanol–water partition coefficient (Wildman–Crippen LogP) is 3.43. The third-order valence-electron chi connectivity index (χ3n) is 2.21. The highest BCUT2D eigenvalue weighted by Gasteiger charge is 2.07. The molecule has 0 aliphatic heterocycles. The lowest BCUT2D eigenvalue weighted by Crippen LogP contribution is -2.10. The van der Waals surface area contributed by atoms with E-state index in [1.165, 1.54) is 0 Å². The molecule has 2 N–H and O–H groups in total. The van der Waals surface area contributed by atoms with Gasteiger partial charge in [-0.3, -0.25) is 0 Å². The number of phenols is 1. The van der Waals surface area contributed by atoms with E-state index in [2.05, 4.69) is 18.5 Å². The quantitative estimate of drug-likeness (QED) is 0.754. The van der Waals surface area contributed by atoms with Crippen molar-refractivity contribution in [1.29, 1.82) is 0 Å². The van der Waals surface area contributed by atoms with Gasteiger partial charge in [0, 0.05) is 17.0 Å². The molecule has 84 valence electrons. The lowest BCUT2D eigenvalue weighted by molar-refractivity contribution is 0.473. The molecule has 1 rings (SSSR count). The lowest BCUT2D eigenvalue weighted by Gasteiger charge is -2.14. The number of para-hydroxylation sites is 1. The van der Waals surface area contributed by atoms with Gasteiger partial charge in [-0.2, -0.15) is 0 Å². The summed E-state index contributed by atoms with van der Waals surface area (Å²) in [6.07, 6.45) is 1.64. The summed E-state index contributed by atoms with van der Waals surface area (Å²) >= 11 is 0. The van der Waals surface area contributed by atoms with Gasteiger partial charge in [-0.1, -0.05) is 30.9 Å². The number of hydrogen-bond acceptors (Lipinski definition) is 2. The van der Waals surface area contributed by atoms with Gasteiger partial charge in [0.1, 0.15) is 5.75 Å². The maximum Gasteiger partial charge on any atom is 0.124 e. The van der Waals surface area contributed by atoms with E-state index in [9.17, 15) is 5.11 Å². The van der Waals surface area contributed by atoms with E-state index in [0.29, 0.717) is 5.70 Å². The summed E-state index contributed by atoms with van der Waals surface area (Å²) in [6.45, 7) is 11.4. The van der Waals surface area contributed by atoms with Crippen LogP contribution in [-0.2, 0) is 0 Å². The van der Waals surface area contributed by atoms with Crippen LogP contribution in [0.4, 0.5) is 0 Å². The van der Waals surface area contributed by atoms with E-state index in [4.69, 9.17) is 0 Å². The highest BCUT2D eigenvalue weighted by atomic mass is 16.3. The zero-order valence-corrected chi connectivity index (χ0v) is 9.75. The smallest absolute Gasteiger partial charge is 0.124 e. The Bertz CT molecular complexity index is 440. The predicted molar refractivity (Wildman–Crippen MR) is 68.8 cm³/mol. The Labute approximate surface area is 96.6 Å². The number of aromatic hydroxyl groups is 1. The maximum atomic E-state index is 9.79. The molecule has 0 saturated carbocycles. The Hall–Kier alpha value is -1.96. The summed E-state index contributed by atoms with van der Waals surface area (Å²) in [6, 6.07) is 7.21. The van der Waals surface area contributed by atoms with Crippen LogP contribution in [0.3, 0.4) is 0 Å². The molecule has 0 heterocycles. The molecule has 16 heavy (non-hydrogen) atoms. The average Bonchev–Trinajstić information content (AvgIpc) is 2.26. The molecule has 2 heteroatoms. The SMILES string of the molecule is C=CC(=C)NC(=C(C)C)c1ccccc1O. The van der Waals surface area contributed by atoms with E-state index in [1.54, 1.807) is 18.2 Å². The second-order valence-corrected chi connectivity index (χ2v) is 3.75. The van der Waals surface area contributed by atoms with Crippen molar-refractivity contribution in [3.8, 4) is 5.75 Å². The summed E-state index contributed by atoms with van der Waals surface area (Å²) in [7, 11) is 0. The molecule has 0 bridgehead atoms. The Morgan fingerprint density at radius 1 is 1.31 bits per heavy atom. The first-order valence-electron chi connectivity index (χ1n) is 5.10. The van der Waals surface area contributed by atoms with Gasteiger partial charge in [0.15, 0.2) is 0 Å². The lowest BCUT2D eigenvalue weighted by atomic mass is 10.1. The number of allylic oxidation sites excluding steroid dienone is 2. The van der Waals surface area contributed by atoms with Crippen molar-refractivity contribution >= 4 is 5.70 Å². The van der Waals surface area contributed by atoms with E-state index in [-0.39, 0.29) is 5.75 Å². The van der Waals surface area contributed by atoms with Crippen molar-refractivity contribution in [3.63, 3.8) is 0 Å². The van der Waals surface area contributed by atoms with Crippen molar-refractivity contribution in [2.75, 3.05) is 0 Å². The monoisotopic (exact) mass is 215 g/mol. The van der Waals surface area contributed by atoms with Gasteiger partial charge in [-0.05, 0) is 32.1 Å². The first kappa shape index (κ1) is 12.1. The van der Waals surface area contributed by atoms with Crippen LogP contribution in [0.25, 0.3) is 5.70 Å². The second kappa shape index (κ2) is 5.21. The molecule has 0 aliphatic rings. The van der Waals surface area contributed by atoms with Crippen LogP contribution >= 0.6 is 0 Å². The minimum Gasteiger partial charge on any atom is -0.507 e. The molecule has 0 fully saturated rings. The first-order valence-corrected chi connectivity index (χ1v) is 5.10. The number of phenolic OH excluding ortho intramolecular Hbond substituents is 1. The van der Waals surface area contributed by atoms with Crippen molar-refractivity contribution < 1.29 is 5.11 Å². The van der Waals surface area contributed by atoms with Gasteiger partial charge in [-0.15, -0.1) is 0 Å². The maximum absolute atomic E-state index is 9.79. The van der Waals surface area contributed by atoms with Crippen LogP contribution in [0.1, 0.15) is 19.4 Å². The summed E-state index contributed by atoms with van der Waals surface area (Å²) in [5.74, 6) is 0.253. The molecule has 0 unspecified atom stereocenters. The molecule has 0 amide bonds. The molecular formula is C14H17NO. The van der Waals surface area contributed by atoms with Crippen LogP contribution in [0, 0.1) is 0 Å². The highest BCUT2D eigenvalue weighted by molar-refractivity contribution is 5.72. The largest absolute Gasteiger partial charge is 0.507 e. The van der Waals surface area contributed by atoms with Crippen molar-refractivity contribution in [1.82, 2.24) is 5.32 Å². The highest BCUT2D eigenvalue weighted by Crippen LogP contribution is 2.25. The molecule has 0 aromatic heterocycles. The van der Waals surface area contributed by atoms with Gasteiger partial charge in [0.05, 0.1) is 0 Å². The van der Waals surface area contributed by atoms with Crippen LogP contribution in [0.15, 0.2) is 54.8 Å². The summed E-state index contributed by atoms with van der Waals surface area (Å²) < 4.78 is 0. The average molecular weight is 215 g/mol. The Kier molecular flexibility index (Phi) is 3.95. The van der Waals surface area contributed by atoms with Crippen molar-refractivity contribution in [2.24, 2.45) is 0 Å². The van der Waals surface area contributed by atoms with Gasteiger partial charge in [0.2, 0.25) is 0 Å². The molecule has 1 aromatic carbocycles. The van der Waals surface area contributed by atoms with Crippen LogP contribution in [0.5, 0.6) is 5.75 Å². The van der Waals surface area contributed by atoms with Crippen molar-refractivity contribution in [2.45, 2.75) is 13.8 Å².